The van der Waals surface area contributed by atoms with Gasteiger partial charge in [0.15, 0.2) is 0 Å². The SMILES string of the molecule is Cc1ncc(C2CC(=O)Nc3c2cnn3C2CCN(C)CC2)s1. The molecule has 23 heavy (non-hydrogen) atoms. The second-order valence-corrected chi connectivity index (χ2v) is 7.78. The van der Waals surface area contributed by atoms with Gasteiger partial charge in [0.2, 0.25) is 5.91 Å². The van der Waals surface area contributed by atoms with Gasteiger partial charge in [0.1, 0.15) is 5.82 Å². The molecule has 1 amide bonds. The molecule has 6 nitrogen and oxygen atoms in total. The number of thiazole rings is 1. The number of aromatic nitrogens is 3. The molecule has 2 aromatic rings. The van der Waals surface area contributed by atoms with Crippen LogP contribution in [0.1, 0.15) is 46.7 Å². The molecule has 1 atom stereocenters. The van der Waals surface area contributed by atoms with Gasteiger partial charge in [-0.05, 0) is 39.9 Å². The van der Waals surface area contributed by atoms with Gasteiger partial charge in [-0.25, -0.2) is 9.67 Å². The molecule has 2 aliphatic heterocycles. The third-order valence-electron chi connectivity index (χ3n) is 4.86. The summed E-state index contributed by atoms with van der Waals surface area (Å²) in [5.41, 5.74) is 1.13. The Hall–Kier alpha value is -1.73. The number of carbonyl (C=O) groups is 1. The molecule has 1 fully saturated rings. The zero-order valence-electron chi connectivity index (χ0n) is 13.5. The second kappa shape index (κ2) is 5.72. The second-order valence-electron chi connectivity index (χ2n) is 6.51. The lowest BCUT2D eigenvalue weighted by Crippen LogP contribution is -2.33. The summed E-state index contributed by atoms with van der Waals surface area (Å²) < 4.78 is 2.04. The first-order chi connectivity index (χ1) is 11.1. The monoisotopic (exact) mass is 331 g/mol. The Morgan fingerprint density at radius 2 is 2.09 bits per heavy atom. The lowest BCUT2D eigenvalue weighted by molar-refractivity contribution is -0.116. The van der Waals surface area contributed by atoms with E-state index in [2.05, 4.69) is 27.3 Å². The number of nitrogens with one attached hydrogen (secondary N) is 1. The summed E-state index contributed by atoms with van der Waals surface area (Å²) in [5, 5.41) is 8.72. The van der Waals surface area contributed by atoms with Crippen molar-refractivity contribution in [2.45, 2.75) is 38.1 Å². The van der Waals surface area contributed by atoms with E-state index in [1.165, 1.54) is 0 Å². The first-order valence-electron chi connectivity index (χ1n) is 8.10. The Morgan fingerprint density at radius 3 is 2.78 bits per heavy atom. The lowest BCUT2D eigenvalue weighted by Gasteiger charge is -2.31. The third kappa shape index (κ3) is 2.68. The van der Waals surface area contributed by atoms with E-state index in [-0.39, 0.29) is 11.8 Å². The molecule has 0 aromatic carbocycles. The molecule has 0 bridgehead atoms. The van der Waals surface area contributed by atoms with E-state index in [0.29, 0.717) is 12.5 Å². The van der Waals surface area contributed by atoms with Crippen LogP contribution in [0.15, 0.2) is 12.4 Å². The highest BCUT2D eigenvalue weighted by atomic mass is 32.1. The minimum Gasteiger partial charge on any atom is -0.311 e. The molecule has 1 N–H and O–H groups in total. The molecular formula is C16H21N5OS. The number of amides is 1. The number of carbonyl (C=O) groups excluding carboxylic acids is 1. The molecule has 4 rings (SSSR count). The zero-order valence-corrected chi connectivity index (χ0v) is 14.3. The molecule has 1 saturated heterocycles. The van der Waals surface area contributed by atoms with Crippen LogP contribution in [0.4, 0.5) is 5.82 Å². The number of fused-ring (bicyclic) bond motifs is 1. The highest BCUT2D eigenvalue weighted by Crippen LogP contribution is 2.40. The van der Waals surface area contributed by atoms with Crippen LogP contribution in [0.25, 0.3) is 0 Å². The number of piperidine rings is 1. The van der Waals surface area contributed by atoms with E-state index in [0.717, 1.165) is 47.2 Å². The van der Waals surface area contributed by atoms with Gasteiger partial charge in [-0.15, -0.1) is 11.3 Å². The Morgan fingerprint density at radius 1 is 1.30 bits per heavy atom. The van der Waals surface area contributed by atoms with Crippen molar-refractivity contribution in [1.82, 2.24) is 19.7 Å². The Labute approximate surface area is 139 Å². The number of aryl methyl sites for hydroxylation is 1. The fourth-order valence-corrected chi connectivity index (χ4v) is 4.45. The molecule has 1 unspecified atom stereocenters. The smallest absolute Gasteiger partial charge is 0.226 e. The summed E-state index contributed by atoms with van der Waals surface area (Å²) in [4.78, 5) is 20.1. The van der Waals surface area contributed by atoms with Crippen LogP contribution in [0.5, 0.6) is 0 Å². The van der Waals surface area contributed by atoms with Crippen LogP contribution >= 0.6 is 11.3 Å². The van der Waals surface area contributed by atoms with E-state index in [1.54, 1.807) is 11.3 Å². The van der Waals surface area contributed by atoms with Gasteiger partial charge in [-0.3, -0.25) is 4.79 Å². The van der Waals surface area contributed by atoms with Gasteiger partial charge in [0, 0.05) is 29.0 Å². The number of likely N-dealkylation sites (tertiary alicyclic amines) is 1. The highest BCUT2D eigenvalue weighted by Gasteiger charge is 2.33. The van der Waals surface area contributed by atoms with Crippen LogP contribution in [-0.2, 0) is 4.79 Å². The quantitative estimate of drug-likeness (QED) is 0.918. The number of rotatable bonds is 2. The third-order valence-corrected chi connectivity index (χ3v) is 5.89. The van der Waals surface area contributed by atoms with E-state index in [9.17, 15) is 4.79 Å². The maximum absolute atomic E-state index is 12.2. The summed E-state index contributed by atoms with van der Waals surface area (Å²) in [6.07, 6.45) is 6.47. The predicted octanol–water partition coefficient (Wildman–Crippen LogP) is 2.39. The largest absolute Gasteiger partial charge is 0.311 e. The summed E-state index contributed by atoms with van der Waals surface area (Å²) in [5.74, 6) is 1.06. The number of hydrogen-bond acceptors (Lipinski definition) is 5. The van der Waals surface area contributed by atoms with Crippen molar-refractivity contribution in [3.8, 4) is 0 Å². The van der Waals surface area contributed by atoms with E-state index < -0.39 is 0 Å². The molecule has 0 radical (unpaired) electrons. The van der Waals surface area contributed by atoms with Gasteiger partial charge < -0.3 is 10.2 Å². The number of anilines is 1. The topological polar surface area (TPSA) is 63.1 Å². The van der Waals surface area contributed by atoms with Crippen LogP contribution in [-0.4, -0.2) is 45.7 Å². The summed E-state index contributed by atoms with van der Waals surface area (Å²) in [6.45, 7) is 4.15. The summed E-state index contributed by atoms with van der Waals surface area (Å²) in [6, 6.07) is 0.372. The van der Waals surface area contributed by atoms with Crippen LogP contribution < -0.4 is 5.32 Å². The van der Waals surface area contributed by atoms with Gasteiger partial charge in [-0.2, -0.15) is 5.10 Å². The average molecular weight is 331 g/mol. The predicted molar refractivity (Wildman–Crippen MR) is 89.9 cm³/mol. The summed E-state index contributed by atoms with van der Waals surface area (Å²) >= 11 is 1.67. The highest BCUT2D eigenvalue weighted by molar-refractivity contribution is 7.11. The molecular weight excluding hydrogens is 310 g/mol. The van der Waals surface area contributed by atoms with E-state index in [4.69, 9.17) is 0 Å². The average Bonchev–Trinajstić information content (AvgIpc) is 3.14. The minimum absolute atomic E-state index is 0.0724. The van der Waals surface area contributed by atoms with Crippen LogP contribution in [0.2, 0.25) is 0 Å². The summed E-state index contributed by atoms with van der Waals surface area (Å²) in [7, 11) is 2.15. The van der Waals surface area contributed by atoms with Gasteiger partial charge in [0.25, 0.3) is 0 Å². The van der Waals surface area contributed by atoms with Gasteiger partial charge in [-0.1, -0.05) is 0 Å². The van der Waals surface area contributed by atoms with Gasteiger partial charge in [0.05, 0.1) is 17.2 Å². The van der Waals surface area contributed by atoms with Crippen LogP contribution in [0, 0.1) is 6.92 Å². The first kappa shape index (κ1) is 14.8. The molecule has 2 aliphatic rings. The fourth-order valence-electron chi connectivity index (χ4n) is 3.55. The van der Waals surface area contributed by atoms with Crippen molar-refractivity contribution in [2.75, 3.05) is 25.5 Å². The fraction of sp³-hybridized carbons (Fsp3) is 0.562. The first-order valence-corrected chi connectivity index (χ1v) is 8.91. The van der Waals surface area contributed by atoms with Crippen molar-refractivity contribution in [2.24, 2.45) is 0 Å². The zero-order chi connectivity index (χ0) is 16.0. The van der Waals surface area contributed by atoms with E-state index >= 15 is 0 Å². The minimum atomic E-state index is 0.0724. The normalized spacial score (nSPS) is 22.9. The van der Waals surface area contributed by atoms with Crippen molar-refractivity contribution in [3.05, 3.63) is 27.8 Å². The van der Waals surface area contributed by atoms with Gasteiger partial charge >= 0.3 is 0 Å². The molecule has 2 aromatic heterocycles. The molecule has 0 aliphatic carbocycles. The van der Waals surface area contributed by atoms with Crippen molar-refractivity contribution in [3.63, 3.8) is 0 Å². The molecule has 4 heterocycles. The molecule has 7 heteroatoms. The standard InChI is InChI=1S/C16H21N5OS/c1-10-17-9-14(23-10)12-7-15(22)19-16-13(12)8-18-21(16)11-3-5-20(2)6-4-11/h8-9,11-12H,3-7H2,1-2H3,(H,19,22). The Kier molecular flexibility index (Phi) is 3.69. The van der Waals surface area contributed by atoms with E-state index in [1.807, 2.05) is 24.0 Å². The number of nitrogens with zero attached hydrogens (tertiary/aromatic N) is 4. The van der Waals surface area contributed by atoms with Crippen LogP contribution in [0.3, 0.4) is 0 Å². The maximum atomic E-state index is 12.2. The van der Waals surface area contributed by atoms with Crippen molar-refractivity contribution < 1.29 is 4.79 Å². The maximum Gasteiger partial charge on any atom is 0.226 e. The molecule has 122 valence electrons. The Bertz CT molecular complexity index is 729. The van der Waals surface area contributed by atoms with Crippen molar-refractivity contribution >= 4 is 23.1 Å². The molecule has 0 saturated carbocycles. The lowest BCUT2D eigenvalue weighted by atomic mass is 9.93. The van der Waals surface area contributed by atoms with Crippen molar-refractivity contribution in [1.29, 1.82) is 0 Å². The Balaban J connectivity index is 1.68. The molecule has 0 spiro atoms. The number of hydrogen-bond donors (Lipinski definition) is 1.